The number of nitrogens with zero attached hydrogens (tertiary/aromatic N) is 1. The van der Waals surface area contributed by atoms with Crippen LogP contribution >= 0.6 is 0 Å². The van der Waals surface area contributed by atoms with Gasteiger partial charge in [-0.3, -0.25) is 9.59 Å². The van der Waals surface area contributed by atoms with Crippen molar-refractivity contribution in [1.29, 1.82) is 0 Å². The Labute approximate surface area is 164 Å². The molecule has 3 aromatic rings. The van der Waals surface area contributed by atoms with Gasteiger partial charge in [-0.25, -0.2) is 0 Å². The summed E-state index contributed by atoms with van der Waals surface area (Å²) in [5.41, 5.74) is 5.38. The predicted molar refractivity (Wildman–Crippen MR) is 111 cm³/mol. The third-order valence-electron chi connectivity index (χ3n) is 5.56. The Balaban J connectivity index is 1.38. The molecule has 2 aromatic carbocycles. The molecule has 0 aliphatic carbocycles. The fourth-order valence-corrected chi connectivity index (χ4v) is 3.87. The molecular formula is C23H25N3O2. The lowest BCUT2D eigenvalue weighted by molar-refractivity contribution is -0.128. The van der Waals surface area contributed by atoms with Gasteiger partial charge in [-0.1, -0.05) is 29.8 Å². The number of amides is 2. The average Bonchev–Trinajstić information content (AvgIpc) is 3.25. The highest BCUT2D eigenvalue weighted by Gasteiger charge is 2.34. The molecule has 0 bridgehead atoms. The molecule has 144 valence electrons. The Kier molecular flexibility index (Phi) is 4.90. The van der Waals surface area contributed by atoms with E-state index in [2.05, 4.69) is 35.4 Å². The second-order valence-corrected chi connectivity index (χ2v) is 7.66. The maximum Gasteiger partial charge on any atom is 0.229 e. The number of carbonyl (C=O) groups excluding carboxylic acids is 2. The van der Waals surface area contributed by atoms with Gasteiger partial charge in [0.25, 0.3) is 0 Å². The first-order valence-electron chi connectivity index (χ1n) is 9.72. The molecule has 0 saturated carbocycles. The van der Waals surface area contributed by atoms with E-state index in [1.807, 2.05) is 42.3 Å². The van der Waals surface area contributed by atoms with E-state index in [9.17, 15) is 9.59 Å². The van der Waals surface area contributed by atoms with E-state index < -0.39 is 0 Å². The number of likely N-dealkylation sites (tertiary alicyclic amines) is 1. The monoisotopic (exact) mass is 375 g/mol. The van der Waals surface area contributed by atoms with Crippen molar-refractivity contribution in [2.45, 2.75) is 26.7 Å². The number of H-pyrrole nitrogens is 1. The minimum atomic E-state index is -0.294. The summed E-state index contributed by atoms with van der Waals surface area (Å²) in [7, 11) is 0. The number of carbonyl (C=O) groups is 2. The molecule has 1 aliphatic rings. The fraction of sp³-hybridized carbons (Fsp3) is 0.304. The molecule has 0 spiro atoms. The summed E-state index contributed by atoms with van der Waals surface area (Å²) >= 11 is 0. The van der Waals surface area contributed by atoms with E-state index in [1.165, 1.54) is 16.5 Å². The highest BCUT2D eigenvalue weighted by atomic mass is 16.2. The molecule has 4 rings (SSSR count). The number of benzene rings is 2. The van der Waals surface area contributed by atoms with Crippen molar-refractivity contribution in [3.8, 4) is 0 Å². The summed E-state index contributed by atoms with van der Waals surface area (Å²) in [5, 5.41) is 4.18. The molecule has 2 heterocycles. The standard InChI is InChI=1S/C23H25N3O2/c1-15-7-8-21-19(11-15)17(13-24-21)9-10-26-14-18(12-22(26)27)23(28)25-20-6-4-3-5-16(20)2/h3-8,11,13,18,24H,9-10,12,14H2,1-2H3,(H,25,28)/t18-/m1/s1. The number of aromatic nitrogens is 1. The van der Waals surface area contributed by atoms with Crippen LogP contribution in [0.15, 0.2) is 48.7 Å². The lowest BCUT2D eigenvalue weighted by atomic mass is 10.1. The topological polar surface area (TPSA) is 65.2 Å². The fourth-order valence-electron chi connectivity index (χ4n) is 3.87. The molecule has 2 amide bonds. The van der Waals surface area contributed by atoms with Crippen molar-refractivity contribution in [1.82, 2.24) is 9.88 Å². The Hall–Kier alpha value is -3.08. The summed E-state index contributed by atoms with van der Waals surface area (Å²) in [6.45, 7) is 5.16. The van der Waals surface area contributed by atoms with Crippen LogP contribution in [0.5, 0.6) is 0 Å². The second-order valence-electron chi connectivity index (χ2n) is 7.66. The van der Waals surface area contributed by atoms with E-state index in [1.54, 1.807) is 0 Å². The Bertz CT molecular complexity index is 1040. The third-order valence-corrected chi connectivity index (χ3v) is 5.56. The number of aryl methyl sites for hydroxylation is 2. The largest absolute Gasteiger partial charge is 0.361 e. The number of nitrogens with one attached hydrogen (secondary N) is 2. The summed E-state index contributed by atoms with van der Waals surface area (Å²) in [4.78, 5) is 30.1. The van der Waals surface area contributed by atoms with Crippen molar-refractivity contribution < 1.29 is 9.59 Å². The van der Waals surface area contributed by atoms with Crippen LogP contribution in [0.4, 0.5) is 5.69 Å². The molecule has 5 heteroatoms. The average molecular weight is 375 g/mol. The first-order valence-corrected chi connectivity index (χ1v) is 9.72. The molecule has 28 heavy (non-hydrogen) atoms. The zero-order valence-corrected chi connectivity index (χ0v) is 16.3. The Morgan fingerprint density at radius 1 is 1.21 bits per heavy atom. The first kappa shape index (κ1) is 18.3. The number of aromatic amines is 1. The van der Waals surface area contributed by atoms with Gasteiger partial charge in [-0.05, 0) is 49.6 Å². The zero-order valence-electron chi connectivity index (χ0n) is 16.3. The quantitative estimate of drug-likeness (QED) is 0.712. The van der Waals surface area contributed by atoms with Crippen LogP contribution in [-0.4, -0.2) is 34.8 Å². The molecular weight excluding hydrogens is 350 g/mol. The lowest BCUT2D eigenvalue weighted by Crippen LogP contribution is -2.30. The molecule has 1 atom stereocenters. The van der Waals surface area contributed by atoms with Gasteiger partial charge in [0.1, 0.15) is 0 Å². The molecule has 1 saturated heterocycles. The van der Waals surface area contributed by atoms with Crippen LogP contribution in [0.3, 0.4) is 0 Å². The second kappa shape index (κ2) is 7.50. The minimum absolute atomic E-state index is 0.0564. The number of para-hydroxylation sites is 1. The van der Waals surface area contributed by atoms with Gasteiger partial charge in [0.05, 0.1) is 5.92 Å². The van der Waals surface area contributed by atoms with Crippen LogP contribution < -0.4 is 5.32 Å². The highest BCUT2D eigenvalue weighted by Crippen LogP contribution is 2.24. The normalized spacial score (nSPS) is 16.7. The third kappa shape index (κ3) is 3.65. The first-order chi connectivity index (χ1) is 13.5. The van der Waals surface area contributed by atoms with Crippen LogP contribution in [0.1, 0.15) is 23.1 Å². The van der Waals surface area contributed by atoms with Crippen molar-refractivity contribution in [3.63, 3.8) is 0 Å². The van der Waals surface area contributed by atoms with E-state index in [4.69, 9.17) is 0 Å². The van der Waals surface area contributed by atoms with Gasteiger partial charge in [0.2, 0.25) is 11.8 Å². The van der Waals surface area contributed by atoms with Crippen LogP contribution in [0.2, 0.25) is 0 Å². The summed E-state index contributed by atoms with van der Waals surface area (Å²) in [6, 6.07) is 14.0. The van der Waals surface area contributed by atoms with E-state index in [-0.39, 0.29) is 24.2 Å². The summed E-state index contributed by atoms with van der Waals surface area (Å²) in [6.07, 6.45) is 3.08. The van der Waals surface area contributed by atoms with Crippen LogP contribution in [0, 0.1) is 19.8 Å². The van der Waals surface area contributed by atoms with Gasteiger partial charge in [0.15, 0.2) is 0 Å². The van der Waals surface area contributed by atoms with Gasteiger partial charge in [-0.2, -0.15) is 0 Å². The summed E-state index contributed by atoms with van der Waals surface area (Å²) < 4.78 is 0. The van der Waals surface area contributed by atoms with Crippen LogP contribution in [-0.2, 0) is 16.0 Å². The number of anilines is 1. The smallest absolute Gasteiger partial charge is 0.229 e. The lowest BCUT2D eigenvalue weighted by Gasteiger charge is -2.16. The van der Waals surface area contributed by atoms with Gasteiger partial charge in [-0.15, -0.1) is 0 Å². The minimum Gasteiger partial charge on any atom is -0.361 e. The van der Waals surface area contributed by atoms with Gasteiger partial charge < -0.3 is 15.2 Å². The number of rotatable bonds is 5. The molecule has 1 aromatic heterocycles. The Morgan fingerprint density at radius 2 is 2.04 bits per heavy atom. The Morgan fingerprint density at radius 3 is 2.86 bits per heavy atom. The molecule has 5 nitrogen and oxygen atoms in total. The van der Waals surface area contributed by atoms with Crippen molar-refractivity contribution in [2.24, 2.45) is 5.92 Å². The van der Waals surface area contributed by atoms with E-state index in [0.29, 0.717) is 13.1 Å². The maximum absolute atomic E-state index is 12.6. The molecule has 1 fully saturated rings. The summed E-state index contributed by atoms with van der Waals surface area (Å²) in [5.74, 6) is -0.314. The molecule has 2 N–H and O–H groups in total. The molecule has 1 aliphatic heterocycles. The van der Waals surface area contributed by atoms with Crippen molar-refractivity contribution in [3.05, 3.63) is 65.4 Å². The van der Waals surface area contributed by atoms with Crippen LogP contribution in [0.25, 0.3) is 10.9 Å². The van der Waals surface area contributed by atoms with Crippen molar-refractivity contribution in [2.75, 3.05) is 18.4 Å². The number of hydrogen-bond acceptors (Lipinski definition) is 2. The maximum atomic E-state index is 12.6. The van der Waals surface area contributed by atoms with E-state index >= 15 is 0 Å². The number of hydrogen-bond donors (Lipinski definition) is 2. The highest BCUT2D eigenvalue weighted by molar-refractivity contribution is 5.97. The molecule has 0 radical (unpaired) electrons. The zero-order chi connectivity index (χ0) is 19.7. The number of fused-ring (bicyclic) bond motifs is 1. The van der Waals surface area contributed by atoms with E-state index in [0.717, 1.165) is 23.2 Å². The molecule has 0 unspecified atom stereocenters. The van der Waals surface area contributed by atoms with Gasteiger partial charge >= 0.3 is 0 Å². The van der Waals surface area contributed by atoms with Crippen molar-refractivity contribution >= 4 is 28.4 Å². The predicted octanol–water partition coefficient (Wildman–Crippen LogP) is 3.81. The SMILES string of the molecule is Cc1ccc2[nH]cc(CCN3C[C@H](C(=O)Nc4ccccc4C)CC3=O)c2c1. The van der Waals surface area contributed by atoms with Gasteiger partial charge in [0, 0.05) is 42.3 Å².